The molecule has 0 radical (unpaired) electrons. The van der Waals surface area contributed by atoms with Crippen LogP contribution in [-0.4, -0.2) is 30.6 Å². The molecule has 0 fully saturated rings. The lowest BCUT2D eigenvalue weighted by atomic mass is 10.2. The molecule has 35 heavy (non-hydrogen) atoms. The Balaban J connectivity index is 1.64. The van der Waals surface area contributed by atoms with Crippen molar-refractivity contribution in [3.8, 4) is 17.1 Å². The summed E-state index contributed by atoms with van der Waals surface area (Å²) in [4.78, 5) is 31.9. The summed E-state index contributed by atoms with van der Waals surface area (Å²) in [5.41, 5.74) is 0.765. The number of aromatic nitrogens is 4. The molecule has 0 aliphatic carbocycles. The zero-order valence-electron chi connectivity index (χ0n) is 17.3. The smallest absolute Gasteiger partial charge is 0.305 e. The van der Waals surface area contributed by atoms with Gasteiger partial charge in [-0.05, 0) is 48.5 Å². The number of hydrogen-bond acceptors (Lipinski definition) is 7. The summed E-state index contributed by atoms with van der Waals surface area (Å²) in [6.07, 6.45) is 1.38. The van der Waals surface area contributed by atoms with Crippen LogP contribution in [0.15, 0.2) is 60.8 Å². The first-order valence-electron chi connectivity index (χ1n) is 9.83. The minimum Gasteiger partial charge on any atom is -0.305 e. The second-order valence-electron chi connectivity index (χ2n) is 7.14. The number of amides is 1. The van der Waals surface area contributed by atoms with E-state index in [0.717, 1.165) is 12.1 Å². The van der Waals surface area contributed by atoms with Crippen LogP contribution in [0.25, 0.3) is 28.1 Å². The minimum absolute atomic E-state index is 0.0100. The second-order valence-corrected chi connectivity index (χ2v) is 8.21. The second kappa shape index (κ2) is 8.61. The number of anilines is 1. The van der Waals surface area contributed by atoms with Gasteiger partial charge in [0.25, 0.3) is 5.91 Å². The lowest BCUT2D eigenvalue weighted by Gasteiger charge is -2.09. The minimum atomic E-state index is -1.12. The Kier molecular flexibility index (Phi) is 5.45. The monoisotopic (exact) mass is 496 g/mol. The van der Waals surface area contributed by atoms with E-state index in [1.54, 1.807) is 0 Å². The van der Waals surface area contributed by atoms with Crippen LogP contribution in [0.4, 0.5) is 24.0 Å². The van der Waals surface area contributed by atoms with Gasteiger partial charge in [-0.15, -0.1) is 0 Å². The molecule has 13 heteroatoms. The van der Waals surface area contributed by atoms with Crippen molar-refractivity contribution in [2.45, 2.75) is 0 Å². The standard InChI is InChI=1S/C22H11F3N6O3S/c23-12-2-4-13(5-3-12)30-21-14(10-26-30)20(29-22(32)17-7-8-18(35-17)31(33)34)27-19(28-21)11-1-6-15(24)16(25)9-11/h1-10H,(H,27,28,29,32). The molecule has 0 aliphatic rings. The van der Waals surface area contributed by atoms with Gasteiger partial charge in [-0.3, -0.25) is 14.9 Å². The topological polar surface area (TPSA) is 116 Å². The summed E-state index contributed by atoms with van der Waals surface area (Å²) >= 11 is 0.679. The van der Waals surface area contributed by atoms with Gasteiger partial charge in [0.15, 0.2) is 23.1 Å². The molecule has 5 rings (SSSR count). The first-order chi connectivity index (χ1) is 16.8. The SMILES string of the molecule is O=C(Nc1nc(-c2ccc(F)c(F)c2)nc2c1cnn2-c1ccc(F)cc1)c1ccc([N+](=O)[O-])s1. The lowest BCUT2D eigenvalue weighted by molar-refractivity contribution is -0.380. The number of rotatable bonds is 5. The molecule has 0 atom stereocenters. The van der Waals surface area contributed by atoms with E-state index >= 15 is 0 Å². The summed E-state index contributed by atoms with van der Waals surface area (Å²) in [5, 5.41) is 17.9. The van der Waals surface area contributed by atoms with E-state index in [0.29, 0.717) is 22.4 Å². The fourth-order valence-corrected chi connectivity index (χ4v) is 3.97. The highest BCUT2D eigenvalue weighted by Crippen LogP contribution is 2.29. The van der Waals surface area contributed by atoms with E-state index in [4.69, 9.17) is 0 Å². The molecular formula is C22H11F3N6O3S. The Morgan fingerprint density at radius 1 is 1.00 bits per heavy atom. The van der Waals surface area contributed by atoms with E-state index in [1.807, 2.05) is 0 Å². The molecule has 1 N–H and O–H groups in total. The Morgan fingerprint density at radius 2 is 1.77 bits per heavy atom. The summed E-state index contributed by atoms with van der Waals surface area (Å²) in [7, 11) is 0. The fourth-order valence-electron chi connectivity index (χ4n) is 3.26. The number of nitro groups is 1. The molecule has 174 valence electrons. The molecule has 0 bridgehead atoms. The van der Waals surface area contributed by atoms with E-state index < -0.39 is 28.3 Å². The van der Waals surface area contributed by atoms with Crippen molar-refractivity contribution in [1.29, 1.82) is 0 Å². The Labute approximate surface area is 197 Å². The summed E-state index contributed by atoms with van der Waals surface area (Å²) < 4.78 is 42.1. The molecule has 1 amide bonds. The maximum Gasteiger partial charge on any atom is 0.324 e. The van der Waals surface area contributed by atoms with Crippen molar-refractivity contribution >= 4 is 39.1 Å². The van der Waals surface area contributed by atoms with Crippen LogP contribution in [0.5, 0.6) is 0 Å². The van der Waals surface area contributed by atoms with Gasteiger partial charge in [-0.2, -0.15) is 5.10 Å². The lowest BCUT2D eigenvalue weighted by Crippen LogP contribution is -2.13. The zero-order valence-corrected chi connectivity index (χ0v) is 18.1. The van der Waals surface area contributed by atoms with E-state index in [1.165, 1.54) is 53.3 Å². The summed E-state index contributed by atoms with van der Waals surface area (Å²) in [5.74, 6) is -3.36. The number of nitrogens with one attached hydrogen (secondary N) is 1. The van der Waals surface area contributed by atoms with Crippen molar-refractivity contribution in [2.24, 2.45) is 0 Å². The third kappa shape index (κ3) is 4.19. The van der Waals surface area contributed by atoms with Crippen molar-refractivity contribution in [3.05, 3.63) is 93.2 Å². The van der Waals surface area contributed by atoms with Gasteiger partial charge in [0.05, 0.1) is 27.1 Å². The average Bonchev–Trinajstić information content (AvgIpc) is 3.49. The molecule has 5 aromatic rings. The molecule has 2 aromatic carbocycles. The predicted molar refractivity (Wildman–Crippen MR) is 121 cm³/mol. The number of fused-ring (bicyclic) bond motifs is 1. The van der Waals surface area contributed by atoms with Crippen LogP contribution >= 0.6 is 11.3 Å². The number of halogens is 3. The predicted octanol–water partition coefficient (Wildman–Crippen LogP) is 5.12. The zero-order chi connectivity index (χ0) is 24.7. The molecule has 9 nitrogen and oxygen atoms in total. The maximum absolute atomic E-state index is 13.9. The average molecular weight is 496 g/mol. The van der Waals surface area contributed by atoms with E-state index in [9.17, 15) is 28.1 Å². The molecule has 0 saturated carbocycles. The van der Waals surface area contributed by atoms with Gasteiger partial charge >= 0.3 is 5.00 Å². The van der Waals surface area contributed by atoms with Gasteiger partial charge in [0.1, 0.15) is 11.6 Å². The maximum atomic E-state index is 13.9. The molecule has 0 unspecified atom stereocenters. The number of benzene rings is 2. The fraction of sp³-hybridized carbons (Fsp3) is 0. The van der Waals surface area contributed by atoms with Crippen LogP contribution in [0, 0.1) is 27.6 Å². The Morgan fingerprint density at radius 3 is 2.46 bits per heavy atom. The van der Waals surface area contributed by atoms with Crippen LogP contribution in [0.3, 0.4) is 0 Å². The largest absolute Gasteiger partial charge is 0.324 e. The van der Waals surface area contributed by atoms with Crippen LogP contribution < -0.4 is 5.32 Å². The Bertz CT molecular complexity index is 1620. The first-order valence-corrected chi connectivity index (χ1v) is 10.6. The van der Waals surface area contributed by atoms with Crippen LogP contribution in [0.1, 0.15) is 9.67 Å². The summed E-state index contributed by atoms with van der Waals surface area (Å²) in [6, 6.07) is 11.0. The molecule has 0 saturated heterocycles. The highest BCUT2D eigenvalue weighted by Gasteiger charge is 2.20. The molecule has 0 aliphatic heterocycles. The third-order valence-corrected chi connectivity index (χ3v) is 5.94. The normalized spacial score (nSPS) is 11.1. The quantitative estimate of drug-likeness (QED) is 0.267. The highest BCUT2D eigenvalue weighted by atomic mass is 32.1. The third-order valence-electron chi connectivity index (χ3n) is 4.90. The first kappa shape index (κ1) is 22.2. The number of thiophene rings is 1. The number of hydrogen-bond donors (Lipinski definition) is 1. The summed E-state index contributed by atoms with van der Waals surface area (Å²) in [6.45, 7) is 0. The van der Waals surface area contributed by atoms with Crippen molar-refractivity contribution in [2.75, 3.05) is 5.32 Å². The number of carbonyl (C=O) groups excluding carboxylic acids is 1. The van der Waals surface area contributed by atoms with Gasteiger partial charge < -0.3 is 5.32 Å². The van der Waals surface area contributed by atoms with Gasteiger partial charge in [-0.1, -0.05) is 11.3 Å². The molecule has 3 heterocycles. The van der Waals surface area contributed by atoms with Crippen LogP contribution in [-0.2, 0) is 0 Å². The van der Waals surface area contributed by atoms with Gasteiger partial charge in [-0.25, -0.2) is 27.8 Å². The van der Waals surface area contributed by atoms with Crippen molar-refractivity contribution in [3.63, 3.8) is 0 Å². The van der Waals surface area contributed by atoms with Crippen molar-refractivity contribution in [1.82, 2.24) is 19.7 Å². The van der Waals surface area contributed by atoms with Gasteiger partial charge in [0.2, 0.25) is 0 Å². The van der Waals surface area contributed by atoms with E-state index in [-0.39, 0.29) is 32.7 Å². The van der Waals surface area contributed by atoms with Crippen LogP contribution in [0.2, 0.25) is 0 Å². The molecule has 3 aromatic heterocycles. The van der Waals surface area contributed by atoms with Crippen molar-refractivity contribution < 1.29 is 22.9 Å². The highest BCUT2D eigenvalue weighted by molar-refractivity contribution is 7.17. The van der Waals surface area contributed by atoms with E-state index in [2.05, 4.69) is 20.4 Å². The Hall–Kier alpha value is -4.65. The molecule has 0 spiro atoms. The number of carbonyl (C=O) groups is 1. The van der Waals surface area contributed by atoms with Gasteiger partial charge in [0, 0.05) is 11.6 Å². The molecular weight excluding hydrogens is 485 g/mol. The number of nitrogens with zero attached hydrogens (tertiary/aromatic N) is 5.